The van der Waals surface area contributed by atoms with Gasteiger partial charge in [0.2, 0.25) is 5.91 Å². The first kappa shape index (κ1) is 15.2. The summed E-state index contributed by atoms with van der Waals surface area (Å²) < 4.78 is 5.89. The summed E-state index contributed by atoms with van der Waals surface area (Å²) in [5, 5.41) is 5.39. The first-order valence-electron chi connectivity index (χ1n) is 7.55. The van der Waals surface area contributed by atoms with E-state index >= 15 is 0 Å². The van der Waals surface area contributed by atoms with Crippen LogP contribution in [0.3, 0.4) is 0 Å². The van der Waals surface area contributed by atoms with Crippen molar-refractivity contribution in [3.63, 3.8) is 0 Å². The van der Waals surface area contributed by atoms with Crippen molar-refractivity contribution < 1.29 is 14.3 Å². The van der Waals surface area contributed by atoms with Gasteiger partial charge in [0.25, 0.3) is 5.24 Å². The number of nitrogens with one attached hydrogen (secondary N) is 2. The van der Waals surface area contributed by atoms with Crippen LogP contribution >= 0.6 is 11.8 Å². The predicted molar refractivity (Wildman–Crippen MR) is 86.0 cm³/mol. The van der Waals surface area contributed by atoms with Crippen molar-refractivity contribution in [2.75, 3.05) is 12.4 Å². The number of hydrogen-bond donors (Lipinski definition) is 2. The summed E-state index contributed by atoms with van der Waals surface area (Å²) in [6, 6.07) is 5.58. The maximum absolute atomic E-state index is 12.0. The van der Waals surface area contributed by atoms with Crippen LogP contribution in [0.2, 0.25) is 0 Å². The second-order valence-corrected chi connectivity index (χ2v) is 6.87. The first-order valence-corrected chi connectivity index (χ1v) is 8.53. The van der Waals surface area contributed by atoms with Crippen LogP contribution in [-0.4, -0.2) is 29.5 Å². The molecule has 1 aromatic rings. The van der Waals surface area contributed by atoms with Gasteiger partial charge in [0.1, 0.15) is 11.8 Å². The molecule has 3 rings (SSSR count). The number of thioether (sulfide) groups is 1. The Labute approximate surface area is 134 Å². The van der Waals surface area contributed by atoms with Crippen molar-refractivity contribution in [3.05, 3.63) is 29.3 Å². The van der Waals surface area contributed by atoms with Crippen LogP contribution in [0, 0.1) is 12.8 Å². The zero-order valence-corrected chi connectivity index (χ0v) is 13.4. The van der Waals surface area contributed by atoms with Crippen LogP contribution in [0.5, 0.6) is 5.75 Å². The third kappa shape index (κ3) is 3.94. The Hall–Kier alpha value is -1.69. The predicted octanol–water partition coefficient (Wildman–Crippen LogP) is 2.23. The molecule has 1 atom stereocenters. The highest BCUT2D eigenvalue weighted by Crippen LogP contribution is 2.30. The molecule has 1 aliphatic carbocycles. The molecule has 118 valence electrons. The lowest BCUT2D eigenvalue weighted by Crippen LogP contribution is -2.42. The minimum absolute atomic E-state index is 0.135. The van der Waals surface area contributed by atoms with E-state index in [2.05, 4.69) is 10.6 Å². The summed E-state index contributed by atoms with van der Waals surface area (Å²) in [5.74, 6) is 1.88. The molecule has 1 saturated heterocycles. The fourth-order valence-electron chi connectivity index (χ4n) is 2.27. The lowest BCUT2D eigenvalue weighted by Gasteiger charge is -2.14. The molecule has 1 saturated carbocycles. The van der Waals surface area contributed by atoms with Crippen LogP contribution in [0.25, 0.3) is 0 Å². The molecule has 1 aromatic carbocycles. The molecule has 0 spiro atoms. The van der Waals surface area contributed by atoms with Crippen LogP contribution < -0.4 is 15.4 Å². The Bertz CT molecular complexity index is 587. The molecule has 1 heterocycles. The Balaban J connectivity index is 1.58. The molecule has 2 N–H and O–H groups in total. The number of amides is 2. The highest BCUT2D eigenvalue weighted by Gasteiger charge is 2.28. The van der Waals surface area contributed by atoms with E-state index in [1.165, 1.54) is 12.8 Å². The average molecular weight is 320 g/mol. The van der Waals surface area contributed by atoms with Gasteiger partial charge in [-0.3, -0.25) is 9.59 Å². The Kier molecular flexibility index (Phi) is 4.57. The number of rotatable bonds is 6. The molecule has 2 amide bonds. The largest absolute Gasteiger partial charge is 0.493 e. The molecule has 1 aliphatic heterocycles. The van der Waals surface area contributed by atoms with E-state index in [4.69, 9.17) is 4.74 Å². The topological polar surface area (TPSA) is 67.4 Å². The molecule has 2 fully saturated rings. The maximum Gasteiger partial charge on any atom is 0.279 e. The van der Waals surface area contributed by atoms with Crippen molar-refractivity contribution in [3.8, 4) is 5.75 Å². The second-order valence-electron chi connectivity index (χ2n) is 5.88. The summed E-state index contributed by atoms with van der Waals surface area (Å²) in [6.45, 7) is 3.19. The number of benzene rings is 1. The zero-order chi connectivity index (χ0) is 15.5. The summed E-state index contributed by atoms with van der Waals surface area (Å²) >= 11 is 1.14. The van der Waals surface area contributed by atoms with Crippen molar-refractivity contribution in [1.82, 2.24) is 10.6 Å². The second kappa shape index (κ2) is 6.60. The van der Waals surface area contributed by atoms with E-state index in [1.807, 2.05) is 25.1 Å². The highest BCUT2D eigenvalue weighted by atomic mass is 32.2. The summed E-state index contributed by atoms with van der Waals surface area (Å²) in [7, 11) is 0. The lowest BCUT2D eigenvalue weighted by molar-refractivity contribution is -0.122. The highest BCUT2D eigenvalue weighted by molar-refractivity contribution is 8.14. The van der Waals surface area contributed by atoms with Gasteiger partial charge in [-0.1, -0.05) is 23.9 Å². The van der Waals surface area contributed by atoms with Crippen LogP contribution in [-0.2, 0) is 11.3 Å². The molecule has 2 aliphatic rings. The first-order chi connectivity index (χ1) is 10.6. The smallest absolute Gasteiger partial charge is 0.279 e. The Morgan fingerprint density at radius 3 is 2.95 bits per heavy atom. The number of carbonyl (C=O) groups excluding carboxylic acids is 2. The SMILES string of the molecule is Cc1ccc(CNC(=O)[C@H]2CSC(=O)N2)c(OCC2CC2)c1. The van der Waals surface area contributed by atoms with Crippen LogP contribution in [0.15, 0.2) is 18.2 Å². The molecular weight excluding hydrogens is 300 g/mol. The van der Waals surface area contributed by atoms with Gasteiger partial charge >= 0.3 is 0 Å². The minimum Gasteiger partial charge on any atom is -0.493 e. The Morgan fingerprint density at radius 1 is 1.45 bits per heavy atom. The van der Waals surface area contributed by atoms with E-state index < -0.39 is 6.04 Å². The van der Waals surface area contributed by atoms with Crippen LogP contribution in [0.1, 0.15) is 24.0 Å². The monoisotopic (exact) mass is 320 g/mol. The summed E-state index contributed by atoms with van der Waals surface area (Å²) in [6.07, 6.45) is 2.49. The van der Waals surface area contributed by atoms with Gasteiger partial charge in [-0.2, -0.15) is 0 Å². The van der Waals surface area contributed by atoms with Gasteiger partial charge in [0, 0.05) is 17.9 Å². The van der Waals surface area contributed by atoms with E-state index in [-0.39, 0.29) is 11.1 Å². The molecule has 0 aromatic heterocycles. The molecule has 22 heavy (non-hydrogen) atoms. The molecule has 0 radical (unpaired) electrons. The van der Waals surface area contributed by atoms with E-state index in [0.29, 0.717) is 18.2 Å². The minimum atomic E-state index is -0.432. The van der Waals surface area contributed by atoms with Gasteiger partial charge in [-0.15, -0.1) is 0 Å². The van der Waals surface area contributed by atoms with E-state index in [9.17, 15) is 9.59 Å². The molecule has 6 heteroatoms. The summed E-state index contributed by atoms with van der Waals surface area (Å²) in [5.41, 5.74) is 2.11. The fourth-order valence-corrected chi connectivity index (χ4v) is 3.04. The zero-order valence-electron chi connectivity index (χ0n) is 12.6. The van der Waals surface area contributed by atoms with Gasteiger partial charge < -0.3 is 15.4 Å². The molecule has 5 nitrogen and oxygen atoms in total. The standard InChI is InChI=1S/C16H20N2O3S/c1-10-2-5-12(14(6-10)21-8-11-3-4-11)7-17-15(19)13-9-22-16(20)18-13/h2,5-6,11,13H,3-4,7-9H2,1H3,(H,17,19)(H,18,20)/t13-/m1/s1. The van der Waals surface area contributed by atoms with Crippen molar-refractivity contribution in [2.24, 2.45) is 5.92 Å². The fraction of sp³-hybridized carbons (Fsp3) is 0.500. The number of ether oxygens (including phenoxy) is 1. The van der Waals surface area contributed by atoms with Gasteiger partial charge in [0.05, 0.1) is 6.61 Å². The molecule has 0 bridgehead atoms. The number of carbonyl (C=O) groups is 2. The lowest BCUT2D eigenvalue weighted by atomic mass is 10.1. The van der Waals surface area contributed by atoms with Crippen molar-refractivity contribution >= 4 is 22.9 Å². The van der Waals surface area contributed by atoms with Gasteiger partial charge in [-0.25, -0.2) is 0 Å². The normalized spacial score (nSPS) is 20.6. The van der Waals surface area contributed by atoms with Crippen LogP contribution in [0.4, 0.5) is 4.79 Å². The quantitative estimate of drug-likeness (QED) is 0.843. The molecular formula is C16H20N2O3S. The third-order valence-corrected chi connectivity index (χ3v) is 4.72. The van der Waals surface area contributed by atoms with E-state index in [1.54, 1.807) is 0 Å². The molecule has 0 unspecified atom stereocenters. The van der Waals surface area contributed by atoms with Gasteiger partial charge in [0.15, 0.2) is 0 Å². The van der Waals surface area contributed by atoms with Crippen molar-refractivity contribution in [1.29, 1.82) is 0 Å². The average Bonchev–Trinajstić information content (AvgIpc) is 3.23. The van der Waals surface area contributed by atoms with Gasteiger partial charge in [-0.05, 0) is 37.3 Å². The van der Waals surface area contributed by atoms with Crippen molar-refractivity contribution in [2.45, 2.75) is 32.4 Å². The van der Waals surface area contributed by atoms with E-state index in [0.717, 1.165) is 35.2 Å². The number of hydrogen-bond acceptors (Lipinski definition) is 4. The summed E-state index contributed by atoms with van der Waals surface area (Å²) in [4.78, 5) is 23.2. The third-order valence-electron chi connectivity index (χ3n) is 3.84. The Morgan fingerprint density at radius 2 is 2.27 bits per heavy atom. The maximum atomic E-state index is 12.0. The number of aryl methyl sites for hydroxylation is 1.